The molecule has 0 spiro atoms. The van der Waals surface area contributed by atoms with Gasteiger partial charge >= 0.3 is 11.9 Å². The first-order valence-corrected chi connectivity index (χ1v) is 21.9. The number of hydrogen-bond acceptors (Lipinski definition) is 3. The summed E-state index contributed by atoms with van der Waals surface area (Å²) in [5.41, 5.74) is 0. The van der Waals surface area contributed by atoms with Gasteiger partial charge in [0.25, 0.3) is 0 Å². The molecule has 0 aliphatic rings. The van der Waals surface area contributed by atoms with Crippen molar-refractivity contribution >= 4 is 11.9 Å². The van der Waals surface area contributed by atoms with E-state index >= 15 is 0 Å². The molecule has 48 heavy (non-hydrogen) atoms. The molecular formula is C44H88O4. The number of hydrogen-bond donors (Lipinski definition) is 1. The van der Waals surface area contributed by atoms with E-state index < -0.39 is 5.97 Å². The van der Waals surface area contributed by atoms with Crippen LogP contribution in [0.1, 0.15) is 259 Å². The summed E-state index contributed by atoms with van der Waals surface area (Å²) < 4.78 is 5.71. The second-order valence-electron chi connectivity index (χ2n) is 14.8. The zero-order valence-electron chi connectivity index (χ0n) is 33.4. The molecule has 0 aromatic carbocycles. The molecule has 0 bridgehead atoms. The van der Waals surface area contributed by atoms with Gasteiger partial charge in [0.2, 0.25) is 0 Å². The van der Waals surface area contributed by atoms with E-state index in [4.69, 9.17) is 9.84 Å². The van der Waals surface area contributed by atoms with Gasteiger partial charge in [0.05, 0.1) is 12.5 Å². The number of aliphatic carboxylic acids is 1. The lowest BCUT2D eigenvalue weighted by Gasteiger charge is -2.16. The second-order valence-corrected chi connectivity index (χ2v) is 14.8. The fraction of sp³-hybridized carbons (Fsp3) is 0.955. The smallest absolute Gasteiger partial charge is 0.308 e. The molecule has 0 saturated carbocycles. The molecule has 4 nitrogen and oxygen atoms in total. The lowest BCUT2D eigenvalue weighted by Crippen LogP contribution is -2.18. The zero-order valence-corrected chi connectivity index (χ0v) is 33.4. The molecule has 0 saturated heterocycles. The van der Waals surface area contributed by atoms with Crippen molar-refractivity contribution in [3.05, 3.63) is 0 Å². The molecule has 1 unspecified atom stereocenters. The number of carboxylic acid groups (broad SMARTS) is 1. The van der Waals surface area contributed by atoms with Crippen LogP contribution in [0.4, 0.5) is 0 Å². The van der Waals surface area contributed by atoms with Gasteiger partial charge < -0.3 is 9.84 Å². The summed E-state index contributed by atoms with van der Waals surface area (Å²) in [4.78, 5) is 22.9. The maximum atomic E-state index is 12.7. The van der Waals surface area contributed by atoms with E-state index in [2.05, 4.69) is 27.7 Å². The van der Waals surface area contributed by atoms with Gasteiger partial charge in [0.1, 0.15) is 0 Å². The summed E-state index contributed by atoms with van der Waals surface area (Å²) in [7, 11) is 0. The van der Waals surface area contributed by atoms with Crippen LogP contribution in [0, 0.1) is 5.92 Å². The van der Waals surface area contributed by atoms with Crippen molar-refractivity contribution in [1.82, 2.24) is 0 Å². The summed E-state index contributed by atoms with van der Waals surface area (Å²) in [6, 6.07) is 0. The quantitative estimate of drug-likeness (QED) is 0.0521. The highest BCUT2D eigenvalue weighted by Gasteiger charge is 2.19. The van der Waals surface area contributed by atoms with Gasteiger partial charge in [-0.05, 0) is 25.7 Å². The largest absolute Gasteiger partial charge is 0.481 e. The SMILES string of the molecule is CCCCCCCCCCCCC(CCCCCC)C(=O)OCCCCCCCCCC.CCCCCCCCCCCCCC(=O)O. The van der Waals surface area contributed by atoms with Crippen molar-refractivity contribution in [1.29, 1.82) is 0 Å². The maximum Gasteiger partial charge on any atom is 0.308 e. The molecule has 0 aromatic heterocycles. The molecular weight excluding hydrogens is 592 g/mol. The van der Waals surface area contributed by atoms with Gasteiger partial charge in [-0.25, -0.2) is 0 Å². The van der Waals surface area contributed by atoms with E-state index in [1.807, 2.05) is 0 Å². The monoisotopic (exact) mass is 681 g/mol. The minimum absolute atomic E-state index is 0.0976. The van der Waals surface area contributed by atoms with Crippen LogP contribution in [0.3, 0.4) is 0 Å². The minimum atomic E-state index is -0.657. The summed E-state index contributed by atoms with van der Waals surface area (Å²) >= 11 is 0. The molecule has 288 valence electrons. The summed E-state index contributed by atoms with van der Waals surface area (Å²) in [5.74, 6) is -0.411. The number of carbonyl (C=O) groups is 2. The first-order valence-electron chi connectivity index (χ1n) is 21.9. The van der Waals surface area contributed by atoms with E-state index in [-0.39, 0.29) is 11.9 Å². The third kappa shape index (κ3) is 43.0. The first kappa shape index (κ1) is 49.1. The van der Waals surface area contributed by atoms with Gasteiger partial charge in [-0.15, -0.1) is 0 Å². The molecule has 0 radical (unpaired) electrons. The fourth-order valence-electron chi connectivity index (χ4n) is 6.54. The summed E-state index contributed by atoms with van der Waals surface area (Å²) in [6.45, 7) is 9.68. The van der Waals surface area contributed by atoms with Crippen molar-refractivity contribution in [3.63, 3.8) is 0 Å². The minimum Gasteiger partial charge on any atom is -0.481 e. The Morgan fingerprint density at radius 3 is 1.00 bits per heavy atom. The highest BCUT2D eigenvalue weighted by molar-refractivity contribution is 5.72. The summed E-state index contributed by atoms with van der Waals surface area (Å²) in [6.07, 6.45) is 45.3. The van der Waals surface area contributed by atoms with Crippen molar-refractivity contribution in [2.24, 2.45) is 5.92 Å². The number of rotatable bonds is 38. The van der Waals surface area contributed by atoms with Crippen LogP contribution in [0.5, 0.6) is 0 Å². The Morgan fingerprint density at radius 2 is 0.667 bits per heavy atom. The molecule has 0 heterocycles. The third-order valence-electron chi connectivity index (χ3n) is 9.88. The number of carboxylic acids is 1. The molecule has 1 N–H and O–H groups in total. The molecule has 0 aliphatic heterocycles. The predicted molar refractivity (Wildman–Crippen MR) is 211 cm³/mol. The Morgan fingerprint density at radius 1 is 0.396 bits per heavy atom. The lowest BCUT2D eigenvalue weighted by atomic mass is 9.94. The van der Waals surface area contributed by atoms with Crippen molar-refractivity contribution in [3.8, 4) is 0 Å². The van der Waals surface area contributed by atoms with Crippen LogP contribution in [-0.4, -0.2) is 23.7 Å². The highest BCUT2D eigenvalue weighted by Crippen LogP contribution is 2.21. The van der Waals surface area contributed by atoms with Crippen molar-refractivity contribution in [2.45, 2.75) is 259 Å². The number of esters is 1. The van der Waals surface area contributed by atoms with Gasteiger partial charge in [0, 0.05) is 6.42 Å². The Kier molecular flexibility index (Phi) is 44.9. The van der Waals surface area contributed by atoms with Crippen LogP contribution >= 0.6 is 0 Å². The Hall–Kier alpha value is -1.06. The van der Waals surface area contributed by atoms with Crippen LogP contribution in [0.15, 0.2) is 0 Å². The predicted octanol–water partition coefficient (Wildman–Crippen LogP) is 15.3. The van der Waals surface area contributed by atoms with E-state index in [1.54, 1.807) is 0 Å². The van der Waals surface area contributed by atoms with Crippen molar-refractivity contribution < 1.29 is 19.4 Å². The van der Waals surface area contributed by atoms with E-state index in [0.717, 1.165) is 32.1 Å². The van der Waals surface area contributed by atoms with Crippen LogP contribution < -0.4 is 0 Å². The van der Waals surface area contributed by atoms with Gasteiger partial charge in [0.15, 0.2) is 0 Å². The normalized spacial score (nSPS) is 11.7. The summed E-state index contributed by atoms with van der Waals surface area (Å²) in [5, 5.41) is 8.46. The molecule has 1 atom stereocenters. The van der Waals surface area contributed by atoms with E-state index in [9.17, 15) is 9.59 Å². The van der Waals surface area contributed by atoms with Crippen LogP contribution in [-0.2, 0) is 14.3 Å². The molecule has 0 fully saturated rings. The van der Waals surface area contributed by atoms with Gasteiger partial charge in [-0.1, -0.05) is 227 Å². The molecule has 0 aliphatic carbocycles. The maximum absolute atomic E-state index is 12.7. The third-order valence-corrected chi connectivity index (χ3v) is 9.88. The standard InChI is InChI=1S/C30H60O2.C14H28O2/c1-4-7-10-13-15-17-18-19-21-24-27-29(26-23-12-9-6-3)30(31)32-28-25-22-20-16-14-11-8-5-2;1-2-3-4-5-6-7-8-9-10-11-12-13-14(15)16/h29H,4-28H2,1-3H3;2-13H2,1H3,(H,15,16). The molecule has 0 aromatic rings. The average molecular weight is 681 g/mol. The van der Waals surface area contributed by atoms with Crippen molar-refractivity contribution in [2.75, 3.05) is 6.61 Å². The first-order chi connectivity index (χ1) is 23.5. The highest BCUT2D eigenvalue weighted by atomic mass is 16.5. The Labute approximate surface area is 302 Å². The molecule has 0 rings (SSSR count). The van der Waals surface area contributed by atoms with Gasteiger partial charge in [-0.2, -0.15) is 0 Å². The molecule has 0 amide bonds. The zero-order chi connectivity index (χ0) is 35.6. The second kappa shape index (κ2) is 44.0. The van der Waals surface area contributed by atoms with Crippen LogP contribution in [0.2, 0.25) is 0 Å². The van der Waals surface area contributed by atoms with E-state index in [0.29, 0.717) is 13.0 Å². The average Bonchev–Trinajstić information content (AvgIpc) is 3.08. The number of carbonyl (C=O) groups excluding carboxylic acids is 1. The lowest BCUT2D eigenvalue weighted by molar-refractivity contribution is -0.149. The number of ether oxygens (including phenoxy) is 1. The fourth-order valence-corrected chi connectivity index (χ4v) is 6.54. The Bertz CT molecular complexity index is 619. The van der Waals surface area contributed by atoms with Gasteiger partial charge in [-0.3, -0.25) is 9.59 Å². The Balaban J connectivity index is 0. The topological polar surface area (TPSA) is 63.6 Å². The molecule has 4 heteroatoms. The van der Waals surface area contributed by atoms with E-state index in [1.165, 1.54) is 193 Å². The van der Waals surface area contributed by atoms with Crippen LogP contribution in [0.25, 0.3) is 0 Å². The number of unbranched alkanes of at least 4 members (excludes halogenated alkanes) is 29.